The van der Waals surface area contributed by atoms with Gasteiger partial charge in [-0.05, 0) is 25.0 Å². The van der Waals surface area contributed by atoms with Crippen LogP contribution in [0.15, 0.2) is 35.2 Å². The molecule has 1 aliphatic carbocycles. The van der Waals surface area contributed by atoms with Crippen LogP contribution in [0.5, 0.6) is 0 Å². The topological polar surface area (TPSA) is 62.5 Å². The second-order valence-corrected chi connectivity index (χ2v) is 6.19. The van der Waals surface area contributed by atoms with Crippen LogP contribution in [-0.2, 0) is 0 Å². The summed E-state index contributed by atoms with van der Waals surface area (Å²) in [7, 11) is 0. The van der Waals surface area contributed by atoms with Crippen LogP contribution in [0.3, 0.4) is 0 Å². The molecule has 1 amide bonds. The van der Waals surface area contributed by atoms with E-state index in [0.717, 1.165) is 24.6 Å². The molecule has 6 nitrogen and oxygen atoms in total. The van der Waals surface area contributed by atoms with Crippen molar-refractivity contribution >= 4 is 11.7 Å². The van der Waals surface area contributed by atoms with Crippen molar-refractivity contribution in [2.24, 2.45) is 0 Å². The van der Waals surface area contributed by atoms with Crippen LogP contribution in [0.1, 0.15) is 41.4 Å². The Balaban J connectivity index is 1.40. The van der Waals surface area contributed by atoms with Crippen LogP contribution in [0.2, 0.25) is 0 Å². The zero-order chi connectivity index (χ0) is 15.6. The Labute approximate surface area is 135 Å². The van der Waals surface area contributed by atoms with E-state index in [1.54, 1.807) is 18.5 Å². The van der Waals surface area contributed by atoms with E-state index >= 15 is 0 Å². The molecule has 6 heteroatoms. The third-order valence-electron chi connectivity index (χ3n) is 4.82. The number of furan rings is 1. The van der Waals surface area contributed by atoms with Crippen LogP contribution >= 0.6 is 0 Å². The van der Waals surface area contributed by atoms with E-state index in [9.17, 15) is 4.79 Å². The van der Waals surface area contributed by atoms with Gasteiger partial charge < -0.3 is 14.2 Å². The van der Waals surface area contributed by atoms with Gasteiger partial charge in [-0.3, -0.25) is 4.79 Å². The highest BCUT2D eigenvalue weighted by Gasteiger charge is 2.26. The monoisotopic (exact) mass is 312 g/mol. The van der Waals surface area contributed by atoms with Crippen molar-refractivity contribution in [3.63, 3.8) is 0 Å². The minimum absolute atomic E-state index is 0.0347. The van der Waals surface area contributed by atoms with Crippen LogP contribution in [0.4, 0.5) is 5.82 Å². The normalized spacial score (nSPS) is 18.8. The predicted octanol–water partition coefficient (Wildman–Crippen LogP) is 2.30. The highest BCUT2D eigenvalue weighted by atomic mass is 16.3. The lowest BCUT2D eigenvalue weighted by atomic mass is 9.83. The van der Waals surface area contributed by atoms with Crippen molar-refractivity contribution in [3.8, 4) is 0 Å². The van der Waals surface area contributed by atoms with Crippen molar-refractivity contribution in [1.82, 2.24) is 14.9 Å². The summed E-state index contributed by atoms with van der Waals surface area (Å²) in [4.78, 5) is 25.2. The summed E-state index contributed by atoms with van der Waals surface area (Å²) >= 11 is 0. The highest BCUT2D eigenvalue weighted by molar-refractivity contribution is 5.91. The molecule has 0 bridgehead atoms. The number of piperazine rings is 1. The fourth-order valence-corrected chi connectivity index (χ4v) is 3.16. The van der Waals surface area contributed by atoms with Gasteiger partial charge in [0, 0.05) is 43.9 Å². The molecule has 2 fully saturated rings. The molecule has 1 saturated heterocycles. The lowest BCUT2D eigenvalue weighted by molar-refractivity contribution is 0.0714. The molecule has 1 saturated carbocycles. The summed E-state index contributed by atoms with van der Waals surface area (Å²) < 4.78 is 5.20. The van der Waals surface area contributed by atoms with Crippen LogP contribution in [0.25, 0.3) is 0 Å². The first-order chi connectivity index (χ1) is 11.3. The van der Waals surface area contributed by atoms with Gasteiger partial charge in [0.25, 0.3) is 5.91 Å². The van der Waals surface area contributed by atoms with E-state index in [2.05, 4.69) is 20.9 Å². The molecule has 0 N–H and O–H groups in total. The van der Waals surface area contributed by atoms with Gasteiger partial charge in [-0.1, -0.05) is 6.42 Å². The van der Waals surface area contributed by atoms with E-state index in [4.69, 9.17) is 4.42 Å². The molecule has 120 valence electrons. The summed E-state index contributed by atoms with van der Waals surface area (Å²) in [6.07, 6.45) is 6.98. The number of anilines is 1. The minimum atomic E-state index is -0.0347. The van der Waals surface area contributed by atoms with Crippen molar-refractivity contribution in [2.45, 2.75) is 25.2 Å². The quantitative estimate of drug-likeness (QED) is 0.870. The lowest BCUT2D eigenvalue weighted by Crippen LogP contribution is -2.49. The molecular formula is C17H20N4O2. The molecule has 1 aliphatic heterocycles. The van der Waals surface area contributed by atoms with Gasteiger partial charge in [-0.15, -0.1) is 0 Å². The summed E-state index contributed by atoms with van der Waals surface area (Å²) in [5.41, 5.74) is 1.16. The molecule has 0 aromatic carbocycles. The van der Waals surface area contributed by atoms with Crippen LogP contribution < -0.4 is 4.90 Å². The average molecular weight is 312 g/mol. The van der Waals surface area contributed by atoms with E-state index in [0.29, 0.717) is 24.8 Å². The van der Waals surface area contributed by atoms with E-state index in [1.165, 1.54) is 25.5 Å². The summed E-state index contributed by atoms with van der Waals surface area (Å²) in [6.45, 7) is 2.94. The van der Waals surface area contributed by atoms with Crippen LogP contribution in [-0.4, -0.2) is 47.0 Å². The van der Waals surface area contributed by atoms with Gasteiger partial charge in [0.1, 0.15) is 12.1 Å². The smallest absolute Gasteiger partial charge is 0.289 e. The van der Waals surface area contributed by atoms with Gasteiger partial charge in [-0.2, -0.15) is 0 Å². The Kier molecular flexibility index (Phi) is 3.73. The zero-order valence-corrected chi connectivity index (χ0v) is 13.0. The maximum absolute atomic E-state index is 12.3. The zero-order valence-electron chi connectivity index (χ0n) is 13.0. The molecule has 0 atom stereocenters. The highest BCUT2D eigenvalue weighted by Crippen LogP contribution is 2.35. The molecule has 23 heavy (non-hydrogen) atoms. The fraction of sp³-hybridized carbons (Fsp3) is 0.471. The summed E-state index contributed by atoms with van der Waals surface area (Å²) in [6, 6.07) is 5.57. The van der Waals surface area contributed by atoms with E-state index < -0.39 is 0 Å². The lowest BCUT2D eigenvalue weighted by Gasteiger charge is -2.35. The molecule has 2 aromatic heterocycles. The molecule has 0 unspecified atom stereocenters. The predicted molar refractivity (Wildman–Crippen MR) is 85.4 cm³/mol. The second-order valence-electron chi connectivity index (χ2n) is 6.19. The molecular weight excluding hydrogens is 292 g/mol. The maximum Gasteiger partial charge on any atom is 0.289 e. The Morgan fingerprint density at radius 2 is 2.00 bits per heavy atom. The van der Waals surface area contributed by atoms with Gasteiger partial charge in [0.05, 0.1) is 6.26 Å². The molecule has 4 rings (SSSR count). The number of rotatable bonds is 3. The number of aromatic nitrogens is 2. The minimum Gasteiger partial charge on any atom is -0.459 e. The molecule has 3 heterocycles. The number of hydrogen-bond donors (Lipinski definition) is 0. The molecule has 0 spiro atoms. The van der Waals surface area contributed by atoms with Gasteiger partial charge in [0.15, 0.2) is 5.76 Å². The summed E-state index contributed by atoms with van der Waals surface area (Å²) in [5, 5.41) is 0. The summed E-state index contributed by atoms with van der Waals surface area (Å²) in [5.74, 6) is 1.96. The van der Waals surface area contributed by atoms with Crippen LogP contribution in [0, 0.1) is 0 Å². The fourth-order valence-electron chi connectivity index (χ4n) is 3.16. The SMILES string of the molecule is O=C(c1ccco1)N1CCN(c2cc(C3CCC3)ncn2)CC1. The van der Waals surface area contributed by atoms with Gasteiger partial charge >= 0.3 is 0 Å². The van der Waals surface area contributed by atoms with E-state index in [-0.39, 0.29) is 5.91 Å². The first kappa shape index (κ1) is 14.2. The third kappa shape index (κ3) is 2.81. The number of hydrogen-bond acceptors (Lipinski definition) is 5. The Hall–Kier alpha value is -2.37. The molecule has 2 aromatic rings. The first-order valence-electron chi connectivity index (χ1n) is 8.21. The maximum atomic E-state index is 12.3. The number of amides is 1. The Morgan fingerprint density at radius 3 is 2.65 bits per heavy atom. The van der Waals surface area contributed by atoms with Crippen molar-refractivity contribution in [1.29, 1.82) is 0 Å². The largest absolute Gasteiger partial charge is 0.459 e. The van der Waals surface area contributed by atoms with E-state index in [1.807, 2.05) is 4.90 Å². The van der Waals surface area contributed by atoms with Gasteiger partial charge in [-0.25, -0.2) is 9.97 Å². The molecule has 0 radical (unpaired) electrons. The first-order valence-corrected chi connectivity index (χ1v) is 8.21. The third-order valence-corrected chi connectivity index (χ3v) is 4.82. The number of carbonyl (C=O) groups excluding carboxylic acids is 1. The van der Waals surface area contributed by atoms with Crippen molar-refractivity contribution in [3.05, 3.63) is 42.2 Å². The standard InChI is InChI=1S/C17H20N4O2/c22-17(15-5-2-10-23-15)21-8-6-20(7-9-21)16-11-14(18-12-19-16)13-3-1-4-13/h2,5,10-13H,1,3-4,6-9H2. The number of nitrogens with zero attached hydrogens (tertiary/aromatic N) is 4. The average Bonchev–Trinajstić information content (AvgIpc) is 3.07. The van der Waals surface area contributed by atoms with Crippen molar-refractivity contribution in [2.75, 3.05) is 31.1 Å². The van der Waals surface area contributed by atoms with Crippen molar-refractivity contribution < 1.29 is 9.21 Å². The second kappa shape index (κ2) is 6.02. The van der Waals surface area contributed by atoms with Gasteiger partial charge in [0.2, 0.25) is 0 Å². The Morgan fingerprint density at radius 1 is 1.17 bits per heavy atom. The Bertz CT molecular complexity index is 674. The molecule has 2 aliphatic rings. The number of carbonyl (C=O) groups is 1.